The van der Waals surface area contributed by atoms with E-state index in [1.54, 1.807) is 14.2 Å². The first-order valence-corrected chi connectivity index (χ1v) is 5.51. The lowest BCUT2D eigenvalue weighted by Gasteiger charge is -2.14. The Morgan fingerprint density at radius 1 is 0.941 bits per heavy atom. The highest BCUT2D eigenvalue weighted by Gasteiger charge is 2.13. The molecule has 2 heteroatoms. The van der Waals surface area contributed by atoms with Gasteiger partial charge in [0.2, 0.25) is 0 Å². The van der Waals surface area contributed by atoms with E-state index in [1.165, 1.54) is 0 Å². The summed E-state index contributed by atoms with van der Waals surface area (Å²) in [6.07, 6.45) is 1.97. The normalized spacial score (nSPS) is 12.6. The molecule has 0 N–H and O–H groups in total. The summed E-state index contributed by atoms with van der Waals surface area (Å²) < 4.78 is 10.8. The molecule has 1 aromatic carbocycles. The van der Waals surface area contributed by atoms with Gasteiger partial charge in [-0.15, -0.1) is 0 Å². The average molecular weight is 226 g/mol. The lowest BCUT2D eigenvalue weighted by atomic mass is 10.0. The number of fused-ring (bicyclic) bond motifs is 2. The molecular weight excluding hydrogens is 212 g/mol. The summed E-state index contributed by atoms with van der Waals surface area (Å²) in [6.45, 7) is 0. The van der Waals surface area contributed by atoms with Gasteiger partial charge in [-0.3, -0.25) is 0 Å². The largest absolute Gasteiger partial charge is 0.496 e. The van der Waals surface area contributed by atoms with Gasteiger partial charge >= 0.3 is 0 Å². The number of ether oxygens (including phenoxy) is 2. The molecule has 0 heterocycles. The molecule has 0 saturated carbocycles. The molecule has 2 rings (SSSR count). The number of rotatable bonds is 2. The molecule has 2 nitrogen and oxygen atoms in total. The summed E-state index contributed by atoms with van der Waals surface area (Å²) in [4.78, 5) is 0. The van der Waals surface area contributed by atoms with Crippen molar-refractivity contribution in [1.29, 1.82) is 0 Å². The second kappa shape index (κ2) is 5.32. The highest BCUT2D eigenvalue weighted by atomic mass is 16.5. The second-order valence-electron chi connectivity index (χ2n) is 3.68. The van der Waals surface area contributed by atoms with Crippen LogP contribution in [0.1, 0.15) is 17.5 Å². The van der Waals surface area contributed by atoms with Crippen molar-refractivity contribution in [2.45, 2.75) is 19.3 Å². The van der Waals surface area contributed by atoms with Crippen LogP contribution in [0.3, 0.4) is 0 Å². The maximum Gasteiger partial charge on any atom is 0.130 e. The first kappa shape index (κ1) is 11.4. The van der Waals surface area contributed by atoms with E-state index in [0.717, 1.165) is 22.6 Å². The molecule has 0 aliphatic heterocycles. The molecule has 0 atom stereocenters. The van der Waals surface area contributed by atoms with Crippen molar-refractivity contribution in [2.24, 2.45) is 0 Å². The van der Waals surface area contributed by atoms with Crippen LogP contribution in [-0.2, 0) is 12.8 Å². The van der Waals surface area contributed by atoms with Crippen molar-refractivity contribution in [2.75, 3.05) is 14.2 Å². The van der Waals surface area contributed by atoms with Crippen LogP contribution in [0, 0.1) is 23.7 Å². The SMILES string of the molecule is COc1ccc2c(OC)c1CC#CCC#CC2. The van der Waals surface area contributed by atoms with Gasteiger partial charge in [0.1, 0.15) is 11.5 Å². The van der Waals surface area contributed by atoms with Crippen LogP contribution < -0.4 is 9.47 Å². The summed E-state index contributed by atoms with van der Waals surface area (Å²) >= 11 is 0. The fraction of sp³-hybridized carbons (Fsp3) is 0.333. The quantitative estimate of drug-likeness (QED) is 0.720. The van der Waals surface area contributed by atoms with E-state index in [1.807, 2.05) is 12.1 Å². The topological polar surface area (TPSA) is 18.5 Å². The minimum atomic E-state index is 0.634. The summed E-state index contributed by atoms with van der Waals surface area (Å²) in [5, 5.41) is 0. The van der Waals surface area contributed by atoms with Gasteiger partial charge in [0.05, 0.1) is 20.6 Å². The van der Waals surface area contributed by atoms with Crippen LogP contribution in [0.25, 0.3) is 0 Å². The monoisotopic (exact) mass is 226 g/mol. The summed E-state index contributed by atoms with van der Waals surface area (Å²) in [6, 6.07) is 3.96. The van der Waals surface area contributed by atoms with E-state index in [2.05, 4.69) is 23.7 Å². The second-order valence-corrected chi connectivity index (χ2v) is 3.68. The molecule has 2 bridgehead atoms. The highest BCUT2D eigenvalue weighted by Crippen LogP contribution is 2.32. The predicted molar refractivity (Wildman–Crippen MR) is 67.1 cm³/mol. The van der Waals surface area contributed by atoms with Crippen molar-refractivity contribution < 1.29 is 9.47 Å². The lowest BCUT2D eigenvalue weighted by molar-refractivity contribution is 0.385. The Morgan fingerprint density at radius 2 is 1.71 bits per heavy atom. The Bertz CT molecular complexity index is 536. The Morgan fingerprint density at radius 3 is 2.41 bits per heavy atom. The van der Waals surface area contributed by atoms with Gasteiger partial charge in [0.15, 0.2) is 0 Å². The summed E-state index contributed by atoms with van der Waals surface area (Å²) in [7, 11) is 3.34. The van der Waals surface area contributed by atoms with Crippen LogP contribution in [0.5, 0.6) is 11.5 Å². The van der Waals surface area contributed by atoms with Gasteiger partial charge in [-0.05, 0) is 6.07 Å². The summed E-state index contributed by atoms with van der Waals surface area (Å²) in [5.41, 5.74) is 2.11. The molecule has 0 unspecified atom stereocenters. The van der Waals surface area contributed by atoms with Gasteiger partial charge in [-0.2, -0.15) is 0 Å². The van der Waals surface area contributed by atoms with Crippen LogP contribution >= 0.6 is 0 Å². The highest BCUT2D eigenvalue weighted by molar-refractivity contribution is 5.53. The summed E-state index contributed by atoms with van der Waals surface area (Å²) in [5.74, 6) is 14.0. The van der Waals surface area contributed by atoms with Crippen LogP contribution in [-0.4, -0.2) is 14.2 Å². The molecule has 0 fully saturated rings. The van der Waals surface area contributed by atoms with Crippen LogP contribution in [0.2, 0.25) is 0 Å². The van der Waals surface area contributed by atoms with E-state index < -0.39 is 0 Å². The molecule has 1 aliphatic rings. The van der Waals surface area contributed by atoms with Crippen molar-refractivity contribution in [3.63, 3.8) is 0 Å². The zero-order chi connectivity index (χ0) is 12.1. The predicted octanol–water partition coefficient (Wildman–Crippen LogP) is 2.20. The van der Waals surface area contributed by atoms with Gasteiger partial charge in [-0.1, -0.05) is 29.7 Å². The third-order valence-electron chi connectivity index (χ3n) is 2.69. The molecule has 1 aliphatic carbocycles. The van der Waals surface area contributed by atoms with Crippen molar-refractivity contribution in [3.8, 4) is 35.2 Å². The zero-order valence-electron chi connectivity index (χ0n) is 10.1. The molecule has 0 saturated heterocycles. The zero-order valence-corrected chi connectivity index (χ0v) is 10.1. The first-order chi connectivity index (χ1) is 8.36. The van der Waals surface area contributed by atoms with E-state index in [0.29, 0.717) is 19.3 Å². The Hall–Kier alpha value is -2.06. The minimum absolute atomic E-state index is 0.634. The third kappa shape index (κ3) is 2.37. The van der Waals surface area contributed by atoms with E-state index in [-0.39, 0.29) is 0 Å². The molecule has 0 radical (unpaired) electrons. The molecule has 0 amide bonds. The van der Waals surface area contributed by atoms with E-state index in [9.17, 15) is 0 Å². The van der Waals surface area contributed by atoms with Gasteiger partial charge < -0.3 is 9.47 Å². The smallest absolute Gasteiger partial charge is 0.130 e. The molecule has 86 valence electrons. The van der Waals surface area contributed by atoms with Crippen molar-refractivity contribution in [3.05, 3.63) is 23.3 Å². The Kier molecular flexibility index (Phi) is 3.58. The fourth-order valence-electron chi connectivity index (χ4n) is 1.89. The standard InChI is InChI=1S/C15H14O2/c1-16-14-11-10-12-8-6-4-3-5-7-9-13(14)15(12)17-2/h10-11H,3,8-9H2,1-2H3. The van der Waals surface area contributed by atoms with Crippen LogP contribution in [0.4, 0.5) is 0 Å². The van der Waals surface area contributed by atoms with Gasteiger partial charge in [0.25, 0.3) is 0 Å². The molecule has 1 aromatic rings. The molecular formula is C15H14O2. The lowest BCUT2D eigenvalue weighted by Crippen LogP contribution is -2.00. The molecule has 17 heavy (non-hydrogen) atoms. The maximum absolute atomic E-state index is 5.48. The first-order valence-electron chi connectivity index (χ1n) is 5.51. The Labute approximate surface area is 102 Å². The van der Waals surface area contributed by atoms with Gasteiger partial charge in [-0.25, -0.2) is 0 Å². The fourth-order valence-corrected chi connectivity index (χ4v) is 1.89. The average Bonchev–Trinajstić information content (AvgIpc) is 2.37. The Balaban J connectivity index is 2.57. The maximum atomic E-state index is 5.48. The number of hydrogen-bond donors (Lipinski definition) is 0. The van der Waals surface area contributed by atoms with E-state index in [4.69, 9.17) is 9.47 Å². The number of methoxy groups -OCH3 is 2. The minimum Gasteiger partial charge on any atom is -0.496 e. The van der Waals surface area contributed by atoms with Crippen molar-refractivity contribution >= 4 is 0 Å². The van der Waals surface area contributed by atoms with Crippen LogP contribution in [0.15, 0.2) is 12.1 Å². The van der Waals surface area contributed by atoms with Gasteiger partial charge in [0, 0.05) is 24.0 Å². The number of benzene rings is 1. The number of hydrogen-bond acceptors (Lipinski definition) is 2. The molecule has 0 aromatic heterocycles. The molecule has 0 spiro atoms. The van der Waals surface area contributed by atoms with E-state index >= 15 is 0 Å². The van der Waals surface area contributed by atoms with Crippen molar-refractivity contribution in [1.82, 2.24) is 0 Å². The third-order valence-corrected chi connectivity index (χ3v) is 2.69.